The van der Waals surface area contributed by atoms with Gasteiger partial charge in [-0.25, -0.2) is 0 Å². The minimum atomic E-state index is -0.106. The molecule has 1 saturated heterocycles. The highest BCUT2D eigenvalue weighted by Gasteiger charge is 2.35. The second-order valence-electron chi connectivity index (χ2n) is 1.44. The van der Waals surface area contributed by atoms with Crippen LogP contribution < -0.4 is 0 Å². The number of rotatable bonds is 1. The van der Waals surface area contributed by atoms with Gasteiger partial charge in [0.15, 0.2) is 0 Å². The molecule has 1 fully saturated rings. The normalized spacial score (nSPS) is 37.1. The SMILES string of the molecule is C#CC1OC1CO. The lowest BCUT2D eigenvalue weighted by Crippen LogP contribution is -1.95. The molecule has 38 valence electrons. The van der Waals surface area contributed by atoms with Crippen LogP contribution in [-0.4, -0.2) is 23.9 Å². The first kappa shape index (κ1) is 4.63. The maximum atomic E-state index is 8.29. The maximum absolute atomic E-state index is 8.29. The summed E-state index contributed by atoms with van der Waals surface area (Å²) in [6.45, 7) is 0.0505. The van der Waals surface area contributed by atoms with Gasteiger partial charge in [0.2, 0.25) is 0 Å². The van der Waals surface area contributed by atoms with Gasteiger partial charge >= 0.3 is 0 Å². The lowest BCUT2D eigenvalue weighted by molar-refractivity contribution is 0.243. The molecular formula is C5H6O2. The van der Waals surface area contributed by atoms with Crippen molar-refractivity contribution in [2.24, 2.45) is 0 Å². The number of ether oxygens (including phenoxy) is 1. The molecule has 1 rings (SSSR count). The Labute approximate surface area is 42.1 Å². The molecule has 2 atom stereocenters. The van der Waals surface area contributed by atoms with Crippen LogP contribution in [0, 0.1) is 12.3 Å². The van der Waals surface area contributed by atoms with Gasteiger partial charge in [-0.15, -0.1) is 6.42 Å². The van der Waals surface area contributed by atoms with Crippen LogP contribution in [0.2, 0.25) is 0 Å². The molecule has 1 aliphatic heterocycles. The van der Waals surface area contributed by atoms with Crippen molar-refractivity contribution in [1.29, 1.82) is 0 Å². The predicted octanol–water partition coefficient (Wildman–Crippen LogP) is -0.621. The van der Waals surface area contributed by atoms with Gasteiger partial charge in [-0.1, -0.05) is 5.92 Å². The first-order valence-electron chi connectivity index (χ1n) is 2.11. The molecule has 2 nitrogen and oxygen atoms in total. The Bertz CT molecular complexity index is 103. The second kappa shape index (κ2) is 1.53. The first-order chi connectivity index (χ1) is 3.38. The maximum Gasteiger partial charge on any atom is 0.146 e. The molecule has 0 aromatic heterocycles. The smallest absolute Gasteiger partial charge is 0.146 e. The van der Waals surface area contributed by atoms with Crippen molar-refractivity contribution in [1.82, 2.24) is 0 Å². The molecule has 0 aromatic carbocycles. The Hall–Kier alpha value is -0.520. The fraction of sp³-hybridized carbons (Fsp3) is 0.600. The Morgan fingerprint density at radius 2 is 2.57 bits per heavy atom. The summed E-state index contributed by atoms with van der Waals surface area (Å²) in [7, 11) is 0. The van der Waals surface area contributed by atoms with Crippen molar-refractivity contribution in [2.75, 3.05) is 6.61 Å². The molecule has 1 aliphatic rings. The van der Waals surface area contributed by atoms with Crippen molar-refractivity contribution >= 4 is 0 Å². The van der Waals surface area contributed by atoms with Crippen LogP contribution in [0.25, 0.3) is 0 Å². The fourth-order valence-electron chi connectivity index (χ4n) is 0.428. The van der Waals surface area contributed by atoms with Gasteiger partial charge in [0.1, 0.15) is 12.2 Å². The van der Waals surface area contributed by atoms with Gasteiger partial charge in [-0.3, -0.25) is 0 Å². The number of aliphatic hydroxyl groups is 1. The van der Waals surface area contributed by atoms with Crippen molar-refractivity contribution < 1.29 is 9.84 Å². The van der Waals surface area contributed by atoms with E-state index in [1.165, 1.54) is 0 Å². The summed E-state index contributed by atoms with van der Waals surface area (Å²) < 4.78 is 4.73. The van der Waals surface area contributed by atoms with Crippen LogP contribution in [0.5, 0.6) is 0 Å². The van der Waals surface area contributed by atoms with Crippen LogP contribution in [0.15, 0.2) is 0 Å². The summed E-state index contributed by atoms with van der Waals surface area (Å²) in [4.78, 5) is 0. The topological polar surface area (TPSA) is 32.8 Å². The molecular weight excluding hydrogens is 92.1 g/mol. The quantitative estimate of drug-likeness (QED) is 0.350. The Kier molecular flexibility index (Phi) is 1.01. The van der Waals surface area contributed by atoms with E-state index in [0.29, 0.717) is 0 Å². The number of hydrogen-bond acceptors (Lipinski definition) is 2. The Balaban J connectivity index is 2.21. The van der Waals surface area contributed by atoms with Crippen molar-refractivity contribution in [2.45, 2.75) is 12.2 Å². The van der Waals surface area contributed by atoms with Gasteiger partial charge in [-0.2, -0.15) is 0 Å². The monoisotopic (exact) mass is 98.0 g/mol. The standard InChI is InChI=1S/C5H6O2/c1-2-4-5(3-6)7-4/h1,4-6H,3H2. The van der Waals surface area contributed by atoms with E-state index in [1.807, 2.05) is 0 Å². The third-order valence-electron chi connectivity index (χ3n) is 0.927. The molecule has 0 bridgehead atoms. The predicted molar refractivity (Wildman–Crippen MR) is 24.6 cm³/mol. The molecule has 0 aromatic rings. The summed E-state index contributed by atoms with van der Waals surface area (Å²) in [6.07, 6.45) is 4.74. The molecule has 0 radical (unpaired) electrons. The number of epoxide rings is 1. The van der Waals surface area contributed by atoms with E-state index in [1.54, 1.807) is 0 Å². The van der Waals surface area contributed by atoms with E-state index in [0.717, 1.165) is 0 Å². The number of terminal acetylenes is 1. The summed E-state index contributed by atoms with van der Waals surface area (Å²) in [5, 5.41) is 8.29. The molecule has 0 amide bonds. The van der Waals surface area contributed by atoms with Crippen molar-refractivity contribution in [3.63, 3.8) is 0 Å². The third-order valence-corrected chi connectivity index (χ3v) is 0.927. The summed E-state index contributed by atoms with van der Waals surface area (Å²) in [6, 6.07) is 0. The van der Waals surface area contributed by atoms with E-state index in [-0.39, 0.29) is 18.8 Å². The summed E-state index contributed by atoms with van der Waals surface area (Å²) in [5.41, 5.74) is 0. The Morgan fingerprint density at radius 3 is 2.71 bits per heavy atom. The molecule has 0 spiro atoms. The van der Waals surface area contributed by atoms with Crippen molar-refractivity contribution in [3.8, 4) is 12.3 Å². The minimum Gasteiger partial charge on any atom is -0.394 e. The molecule has 1 heterocycles. The van der Waals surface area contributed by atoms with Crippen LogP contribution in [0.4, 0.5) is 0 Å². The van der Waals surface area contributed by atoms with E-state index in [9.17, 15) is 0 Å². The molecule has 2 heteroatoms. The highest BCUT2D eigenvalue weighted by molar-refractivity contribution is 5.07. The summed E-state index contributed by atoms with van der Waals surface area (Å²) >= 11 is 0. The zero-order valence-corrected chi connectivity index (χ0v) is 3.79. The first-order valence-corrected chi connectivity index (χ1v) is 2.11. The van der Waals surface area contributed by atoms with Crippen LogP contribution in [0.1, 0.15) is 0 Å². The largest absolute Gasteiger partial charge is 0.394 e. The van der Waals surface area contributed by atoms with Crippen molar-refractivity contribution in [3.05, 3.63) is 0 Å². The van der Waals surface area contributed by atoms with Gasteiger partial charge in [0.25, 0.3) is 0 Å². The van der Waals surface area contributed by atoms with Gasteiger partial charge in [0, 0.05) is 0 Å². The highest BCUT2D eigenvalue weighted by atomic mass is 16.6. The minimum absolute atomic E-state index is 0.0505. The van der Waals surface area contributed by atoms with E-state index < -0.39 is 0 Å². The molecule has 2 unspecified atom stereocenters. The van der Waals surface area contributed by atoms with Crippen LogP contribution in [-0.2, 0) is 4.74 Å². The van der Waals surface area contributed by atoms with Gasteiger partial charge < -0.3 is 9.84 Å². The summed E-state index contributed by atoms with van der Waals surface area (Å²) in [5.74, 6) is 2.36. The molecule has 0 aliphatic carbocycles. The van der Waals surface area contributed by atoms with Gasteiger partial charge in [0.05, 0.1) is 6.61 Å². The Morgan fingerprint density at radius 1 is 1.86 bits per heavy atom. The average molecular weight is 98.1 g/mol. The number of hydrogen-bond donors (Lipinski definition) is 1. The van der Waals surface area contributed by atoms with Gasteiger partial charge in [-0.05, 0) is 0 Å². The highest BCUT2D eigenvalue weighted by Crippen LogP contribution is 2.18. The second-order valence-corrected chi connectivity index (χ2v) is 1.44. The average Bonchev–Trinajstić information content (AvgIpc) is 2.43. The molecule has 0 saturated carbocycles. The lowest BCUT2D eigenvalue weighted by atomic mass is 10.3. The van der Waals surface area contributed by atoms with E-state index in [2.05, 4.69) is 5.92 Å². The van der Waals surface area contributed by atoms with E-state index >= 15 is 0 Å². The van der Waals surface area contributed by atoms with Crippen LogP contribution >= 0.6 is 0 Å². The zero-order valence-electron chi connectivity index (χ0n) is 3.79. The number of aliphatic hydroxyl groups excluding tert-OH is 1. The van der Waals surface area contributed by atoms with E-state index in [4.69, 9.17) is 16.3 Å². The fourth-order valence-corrected chi connectivity index (χ4v) is 0.428. The molecule has 1 N–H and O–H groups in total. The van der Waals surface area contributed by atoms with Crippen LogP contribution in [0.3, 0.4) is 0 Å². The molecule has 7 heavy (non-hydrogen) atoms. The lowest BCUT2D eigenvalue weighted by Gasteiger charge is -1.73. The zero-order chi connectivity index (χ0) is 5.28. The third kappa shape index (κ3) is 0.738.